The molecule has 2 amide bonds. The Hall–Kier alpha value is -3.02. The molecule has 1 aliphatic heterocycles. The fourth-order valence-electron chi connectivity index (χ4n) is 2.97. The van der Waals surface area contributed by atoms with Crippen LogP contribution in [-0.2, 0) is 9.53 Å². The zero-order valence-corrected chi connectivity index (χ0v) is 14.7. The summed E-state index contributed by atoms with van der Waals surface area (Å²) in [7, 11) is 1.38. The van der Waals surface area contributed by atoms with E-state index < -0.39 is 0 Å². The van der Waals surface area contributed by atoms with Crippen molar-refractivity contribution in [3.8, 4) is 11.5 Å². The molecule has 6 nitrogen and oxygen atoms in total. The Kier molecular flexibility index (Phi) is 5.73. The molecule has 0 radical (unpaired) electrons. The van der Waals surface area contributed by atoms with E-state index in [1.54, 1.807) is 11.0 Å². The van der Waals surface area contributed by atoms with E-state index in [1.807, 2.05) is 48.5 Å². The number of carbonyl (C=O) groups is 2. The lowest BCUT2D eigenvalue weighted by Crippen LogP contribution is -2.33. The first kappa shape index (κ1) is 17.8. The molecule has 3 rings (SSSR count). The molecule has 1 atom stereocenters. The standard InChI is InChI=1S/C20H22N2O4/c1-25-19(23)13-15-11-12-22(14-15)20(24)21-17-9-5-6-10-18(17)26-16-7-3-2-4-8-16/h2-10,15H,11-14H2,1H3,(H,21,24)/t15-/m0/s1. The van der Waals surface area contributed by atoms with E-state index in [0.29, 0.717) is 36.7 Å². The van der Waals surface area contributed by atoms with Crippen LogP contribution in [0.5, 0.6) is 11.5 Å². The van der Waals surface area contributed by atoms with E-state index in [0.717, 1.165) is 6.42 Å². The number of likely N-dealkylation sites (tertiary alicyclic amines) is 1. The van der Waals surface area contributed by atoms with Gasteiger partial charge in [0.05, 0.1) is 19.2 Å². The van der Waals surface area contributed by atoms with Gasteiger partial charge in [-0.05, 0) is 36.6 Å². The number of hydrogen-bond donors (Lipinski definition) is 1. The molecule has 0 saturated carbocycles. The molecule has 0 unspecified atom stereocenters. The predicted molar refractivity (Wildman–Crippen MR) is 98.3 cm³/mol. The fraction of sp³-hybridized carbons (Fsp3) is 0.300. The number of carbonyl (C=O) groups excluding carboxylic acids is 2. The minimum Gasteiger partial charge on any atom is -0.469 e. The van der Waals surface area contributed by atoms with E-state index >= 15 is 0 Å². The van der Waals surface area contributed by atoms with Gasteiger partial charge in [0.2, 0.25) is 0 Å². The molecule has 0 aromatic heterocycles. The summed E-state index contributed by atoms with van der Waals surface area (Å²) in [6, 6.07) is 16.5. The summed E-state index contributed by atoms with van der Waals surface area (Å²) in [4.78, 5) is 25.7. The summed E-state index contributed by atoms with van der Waals surface area (Å²) in [5, 5.41) is 2.91. The predicted octanol–water partition coefficient (Wildman–Crippen LogP) is 3.90. The van der Waals surface area contributed by atoms with Gasteiger partial charge in [0.15, 0.2) is 5.75 Å². The van der Waals surface area contributed by atoms with E-state index in [4.69, 9.17) is 9.47 Å². The molecule has 2 aromatic carbocycles. The van der Waals surface area contributed by atoms with Gasteiger partial charge in [0, 0.05) is 13.1 Å². The number of anilines is 1. The smallest absolute Gasteiger partial charge is 0.321 e. The molecule has 1 saturated heterocycles. The number of urea groups is 1. The normalized spacial score (nSPS) is 16.2. The number of esters is 1. The van der Waals surface area contributed by atoms with Gasteiger partial charge in [-0.15, -0.1) is 0 Å². The van der Waals surface area contributed by atoms with Crippen LogP contribution in [0.15, 0.2) is 54.6 Å². The molecule has 0 bridgehead atoms. The van der Waals surface area contributed by atoms with Crippen LogP contribution in [0.2, 0.25) is 0 Å². The van der Waals surface area contributed by atoms with Crippen molar-refractivity contribution in [3.05, 3.63) is 54.6 Å². The van der Waals surface area contributed by atoms with Crippen LogP contribution >= 0.6 is 0 Å². The number of rotatable bonds is 5. The third-order valence-electron chi connectivity index (χ3n) is 4.36. The van der Waals surface area contributed by atoms with E-state index in [1.165, 1.54) is 7.11 Å². The third-order valence-corrected chi connectivity index (χ3v) is 4.36. The SMILES string of the molecule is COC(=O)C[C@@H]1CCN(C(=O)Nc2ccccc2Oc2ccccc2)C1. The van der Waals surface area contributed by atoms with Gasteiger partial charge < -0.3 is 19.7 Å². The van der Waals surface area contributed by atoms with E-state index in [9.17, 15) is 9.59 Å². The number of nitrogens with zero attached hydrogens (tertiary/aromatic N) is 1. The topological polar surface area (TPSA) is 67.9 Å². The maximum Gasteiger partial charge on any atom is 0.321 e. The summed E-state index contributed by atoms with van der Waals surface area (Å²) in [6.07, 6.45) is 1.14. The number of hydrogen-bond acceptors (Lipinski definition) is 4. The second-order valence-electron chi connectivity index (χ2n) is 6.22. The monoisotopic (exact) mass is 354 g/mol. The minimum absolute atomic E-state index is 0.143. The van der Waals surface area contributed by atoms with E-state index in [2.05, 4.69) is 5.32 Å². The summed E-state index contributed by atoms with van der Waals surface area (Å²) in [5.41, 5.74) is 0.609. The number of methoxy groups -OCH3 is 1. The molecule has 136 valence electrons. The minimum atomic E-state index is -0.237. The van der Waals surface area contributed by atoms with Gasteiger partial charge in [-0.2, -0.15) is 0 Å². The van der Waals surface area contributed by atoms with Crippen LogP contribution in [0.4, 0.5) is 10.5 Å². The lowest BCUT2D eigenvalue weighted by Gasteiger charge is -2.19. The summed E-state index contributed by atoms with van der Waals surface area (Å²) >= 11 is 0. The first-order valence-electron chi connectivity index (χ1n) is 8.60. The van der Waals surface area contributed by atoms with Crippen LogP contribution in [0.3, 0.4) is 0 Å². The van der Waals surface area contributed by atoms with Crippen LogP contribution in [0.25, 0.3) is 0 Å². The van der Waals surface area contributed by atoms with Crippen molar-refractivity contribution in [2.45, 2.75) is 12.8 Å². The molecule has 0 aliphatic carbocycles. The molecule has 6 heteroatoms. The van der Waals surface area contributed by atoms with Crippen LogP contribution < -0.4 is 10.1 Å². The lowest BCUT2D eigenvalue weighted by atomic mass is 10.1. The summed E-state index contributed by atoms with van der Waals surface area (Å²) in [5.74, 6) is 1.19. The molecular formula is C20H22N2O4. The maximum atomic E-state index is 12.6. The molecule has 1 aliphatic rings. The molecule has 26 heavy (non-hydrogen) atoms. The Morgan fingerprint density at radius 2 is 1.85 bits per heavy atom. The Morgan fingerprint density at radius 1 is 1.12 bits per heavy atom. The zero-order chi connectivity index (χ0) is 18.4. The first-order valence-corrected chi connectivity index (χ1v) is 8.60. The van der Waals surface area contributed by atoms with Crippen molar-refractivity contribution in [2.24, 2.45) is 5.92 Å². The van der Waals surface area contributed by atoms with Crippen molar-refractivity contribution in [2.75, 3.05) is 25.5 Å². The van der Waals surface area contributed by atoms with Crippen molar-refractivity contribution >= 4 is 17.7 Å². The molecule has 1 N–H and O–H groups in total. The van der Waals surface area contributed by atoms with Gasteiger partial charge in [0.25, 0.3) is 0 Å². The van der Waals surface area contributed by atoms with E-state index in [-0.39, 0.29) is 17.9 Å². The molecule has 1 fully saturated rings. The zero-order valence-electron chi connectivity index (χ0n) is 14.7. The van der Waals surface area contributed by atoms with Gasteiger partial charge in [-0.25, -0.2) is 4.79 Å². The first-order chi connectivity index (χ1) is 12.7. The third kappa shape index (κ3) is 4.53. The fourth-order valence-corrected chi connectivity index (χ4v) is 2.97. The highest BCUT2D eigenvalue weighted by atomic mass is 16.5. The second-order valence-corrected chi connectivity index (χ2v) is 6.22. The van der Waals surface area contributed by atoms with Gasteiger partial charge in [0.1, 0.15) is 5.75 Å². The highest BCUT2D eigenvalue weighted by molar-refractivity contribution is 5.91. The molecule has 0 spiro atoms. The number of benzene rings is 2. The average molecular weight is 354 g/mol. The maximum absolute atomic E-state index is 12.6. The van der Waals surface area contributed by atoms with Crippen molar-refractivity contribution in [1.29, 1.82) is 0 Å². The van der Waals surface area contributed by atoms with Crippen LogP contribution in [-0.4, -0.2) is 37.1 Å². The Labute approximate surface area is 152 Å². The lowest BCUT2D eigenvalue weighted by molar-refractivity contribution is -0.141. The number of nitrogens with one attached hydrogen (secondary N) is 1. The second kappa shape index (κ2) is 8.38. The van der Waals surface area contributed by atoms with Gasteiger partial charge in [-0.1, -0.05) is 30.3 Å². The molecule has 2 aromatic rings. The number of ether oxygens (including phenoxy) is 2. The summed E-state index contributed by atoms with van der Waals surface area (Å²) in [6.45, 7) is 1.16. The van der Waals surface area contributed by atoms with Gasteiger partial charge >= 0.3 is 12.0 Å². The molecule has 1 heterocycles. The van der Waals surface area contributed by atoms with Gasteiger partial charge in [-0.3, -0.25) is 4.79 Å². The van der Waals surface area contributed by atoms with Crippen molar-refractivity contribution in [1.82, 2.24) is 4.90 Å². The largest absolute Gasteiger partial charge is 0.469 e. The highest BCUT2D eigenvalue weighted by Crippen LogP contribution is 2.30. The Bertz CT molecular complexity index is 763. The number of para-hydroxylation sites is 3. The van der Waals surface area contributed by atoms with Crippen molar-refractivity contribution < 1.29 is 19.1 Å². The quantitative estimate of drug-likeness (QED) is 0.827. The summed E-state index contributed by atoms with van der Waals surface area (Å²) < 4.78 is 10.6. The van der Waals surface area contributed by atoms with Crippen LogP contribution in [0.1, 0.15) is 12.8 Å². The average Bonchev–Trinajstić information content (AvgIpc) is 3.12. The Morgan fingerprint density at radius 3 is 2.62 bits per heavy atom. The number of amides is 2. The Balaban J connectivity index is 1.62. The van der Waals surface area contributed by atoms with Crippen LogP contribution in [0, 0.1) is 5.92 Å². The molecular weight excluding hydrogens is 332 g/mol. The van der Waals surface area contributed by atoms with Crippen molar-refractivity contribution in [3.63, 3.8) is 0 Å². The highest BCUT2D eigenvalue weighted by Gasteiger charge is 2.28.